The molecule has 0 saturated heterocycles. The molecule has 0 spiro atoms. The molecule has 10 nitrogen and oxygen atoms in total. The fourth-order valence-electron chi connectivity index (χ4n) is 4.64. The fraction of sp³-hybridized carbons (Fsp3) is 0.387. The number of carbonyl (C=O) groups excluding carboxylic acids is 1. The van der Waals surface area contributed by atoms with Crippen LogP contribution >= 0.6 is 0 Å². The zero-order valence-electron chi connectivity index (χ0n) is 23.9. The molecular formula is C31H38N2O8S. The molecule has 0 heterocycles. The van der Waals surface area contributed by atoms with E-state index in [-0.39, 0.29) is 31.5 Å². The summed E-state index contributed by atoms with van der Waals surface area (Å²) in [5.41, 5.74) is 3.59. The van der Waals surface area contributed by atoms with E-state index in [2.05, 4.69) is 10.0 Å². The molecule has 226 valence electrons. The number of anilines is 1. The van der Waals surface area contributed by atoms with Crippen LogP contribution in [0.5, 0.6) is 17.2 Å². The van der Waals surface area contributed by atoms with Gasteiger partial charge in [0.25, 0.3) is 0 Å². The summed E-state index contributed by atoms with van der Waals surface area (Å²) in [5.74, 6) is 0.985. The first kappa shape index (κ1) is 31.1. The number of ether oxygens (including phenoxy) is 4. The second kappa shape index (κ2) is 14.9. The van der Waals surface area contributed by atoms with Crippen molar-refractivity contribution in [2.24, 2.45) is 0 Å². The number of aliphatic hydroxyl groups excluding tert-OH is 1. The average molecular weight is 599 g/mol. The van der Waals surface area contributed by atoms with E-state index in [1.54, 1.807) is 25.1 Å². The zero-order valence-corrected chi connectivity index (χ0v) is 24.7. The van der Waals surface area contributed by atoms with Gasteiger partial charge in [0.15, 0.2) is 6.61 Å². The van der Waals surface area contributed by atoms with E-state index in [9.17, 15) is 18.3 Å². The van der Waals surface area contributed by atoms with Gasteiger partial charge in [-0.1, -0.05) is 36.4 Å². The summed E-state index contributed by atoms with van der Waals surface area (Å²) in [6, 6.07) is 20.4. The van der Waals surface area contributed by atoms with Crippen LogP contribution in [0.1, 0.15) is 30.0 Å². The van der Waals surface area contributed by atoms with Crippen LogP contribution < -0.4 is 24.2 Å². The van der Waals surface area contributed by atoms with Crippen molar-refractivity contribution in [2.45, 2.75) is 44.9 Å². The minimum Gasteiger partial charge on any atom is -0.491 e. The predicted octanol–water partition coefficient (Wildman–Crippen LogP) is 3.47. The first-order valence-electron chi connectivity index (χ1n) is 13.9. The Bertz CT molecular complexity index is 1430. The first-order chi connectivity index (χ1) is 20.2. The van der Waals surface area contributed by atoms with Crippen LogP contribution in [0.4, 0.5) is 5.69 Å². The number of sulfonamides is 1. The monoisotopic (exact) mass is 598 g/mol. The number of nitrogens with one attached hydrogen (secondary N) is 2. The number of aliphatic hydroxyl groups is 1. The summed E-state index contributed by atoms with van der Waals surface area (Å²) in [6.45, 7) is 2.56. The molecular weight excluding hydrogens is 560 g/mol. The first-order valence-corrected chi connectivity index (χ1v) is 15.8. The molecule has 0 saturated carbocycles. The number of carbonyl (C=O) groups is 1. The molecule has 3 aromatic carbocycles. The second-order valence-corrected chi connectivity index (χ2v) is 11.9. The molecule has 42 heavy (non-hydrogen) atoms. The Morgan fingerprint density at radius 1 is 1.00 bits per heavy atom. The number of benzene rings is 3. The molecule has 0 radical (unpaired) electrons. The molecule has 1 aliphatic carbocycles. The molecule has 0 amide bonds. The standard InChI is InChI=1S/C31H38N2O8S/c1-3-38-31(35)21-40-27-12-10-23-9-11-25(15-24(23)16-27)32-18-26(34)20-39-28-13-14-30(29(17-28)33-42(2,36)37)41-19-22-7-5-4-6-8-22/h4-8,10,12-14,16-17,25-26,32-34H,3,9,11,15,18-21H2,1-2H3/t25-,26-/m0/s1. The van der Waals surface area contributed by atoms with E-state index in [0.717, 1.165) is 36.6 Å². The summed E-state index contributed by atoms with van der Waals surface area (Å²) in [6.07, 6.45) is 2.87. The summed E-state index contributed by atoms with van der Waals surface area (Å²) < 4.78 is 48.5. The van der Waals surface area contributed by atoms with Gasteiger partial charge in [-0.05, 0) is 67.1 Å². The third kappa shape index (κ3) is 9.93. The Morgan fingerprint density at radius 2 is 1.76 bits per heavy atom. The minimum atomic E-state index is -3.56. The van der Waals surface area contributed by atoms with Gasteiger partial charge in [0.2, 0.25) is 10.0 Å². The topological polar surface area (TPSA) is 132 Å². The maximum atomic E-state index is 11.9. The van der Waals surface area contributed by atoms with Gasteiger partial charge in [-0.15, -0.1) is 0 Å². The van der Waals surface area contributed by atoms with Crippen molar-refractivity contribution in [3.63, 3.8) is 0 Å². The third-order valence-corrected chi connectivity index (χ3v) is 7.23. The number of rotatable bonds is 15. The minimum absolute atomic E-state index is 0.0185. The number of fused-ring (bicyclic) bond motifs is 1. The highest BCUT2D eigenvalue weighted by molar-refractivity contribution is 7.92. The molecule has 0 fully saturated rings. The lowest BCUT2D eigenvalue weighted by atomic mass is 9.88. The van der Waals surface area contributed by atoms with E-state index in [4.69, 9.17) is 18.9 Å². The van der Waals surface area contributed by atoms with Crippen LogP contribution in [-0.4, -0.2) is 64.3 Å². The zero-order chi connectivity index (χ0) is 30.0. The summed E-state index contributed by atoms with van der Waals surface area (Å²) in [4.78, 5) is 11.6. The highest BCUT2D eigenvalue weighted by Gasteiger charge is 2.20. The number of hydrogen-bond acceptors (Lipinski definition) is 9. The Hall–Kier alpha value is -3.80. The lowest BCUT2D eigenvalue weighted by Crippen LogP contribution is -2.40. The van der Waals surface area contributed by atoms with Crippen LogP contribution in [0.15, 0.2) is 66.7 Å². The SMILES string of the molecule is CCOC(=O)COc1ccc2c(c1)C[C@@H](NC[C@H](O)COc1ccc(OCc3ccccc3)c(NS(C)(=O)=O)c1)CC2. The summed E-state index contributed by atoms with van der Waals surface area (Å²) in [7, 11) is -3.56. The number of aryl methyl sites for hydroxylation is 1. The second-order valence-electron chi connectivity index (χ2n) is 10.1. The van der Waals surface area contributed by atoms with E-state index in [1.165, 1.54) is 5.56 Å². The number of hydrogen-bond donors (Lipinski definition) is 3. The average Bonchev–Trinajstić information content (AvgIpc) is 2.97. The summed E-state index contributed by atoms with van der Waals surface area (Å²) in [5, 5.41) is 14.0. The molecule has 0 bridgehead atoms. The van der Waals surface area contributed by atoms with E-state index >= 15 is 0 Å². The van der Waals surface area contributed by atoms with Crippen molar-refractivity contribution in [1.82, 2.24) is 5.32 Å². The molecule has 0 aromatic heterocycles. The van der Waals surface area contributed by atoms with E-state index in [0.29, 0.717) is 30.4 Å². The van der Waals surface area contributed by atoms with E-state index in [1.807, 2.05) is 48.5 Å². The van der Waals surface area contributed by atoms with Gasteiger partial charge in [0.1, 0.15) is 36.6 Å². The lowest BCUT2D eigenvalue weighted by molar-refractivity contribution is -0.145. The Morgan fingerprint density at radius 3 is 2.52 bits per heavy atom. The Balaban J connectivity index is 1.27. The quantitative estimate of drug-likeness (QED) is 0.225. The largest absolute Gasteiger partial charge is 0.491 e. The van der Waals surface area contributed by atoms with Crippen molar-refractivity contribution in [3.8, 4) is 17.2 Å². The Labute approximate surface area is 247 Å². The van der Waals surface area contributed by atoms with E-state index < -0.39 is 22.1 Å². The van der Waals surface area contributed by atoms with Crippen molar-refractivity contribution < 1.29 is 37.3 Å². The molecule has 0 unspecified atom stereocenters. The molecule has 3 aromatic rings. The third-order valence-electron chi connectivity index (χ3n) is 6.64. The molecule has 0 aliphatic heterocycles. The molecule has 11 heteroatoms. The molecule has 3 N–H and O–H groups in total. The highest BCUT2D eigenvalue weighted by Crippen LogP contribution is 2.31. The maximum Gasteiger partial charge on any atom is 0.344 e. The van der Waals surface area contributed by atoms with Gasteiger partial charge >= 0.3 is 5.97 Å². The van der Waals surface area contributed by atoms with Gasteiger partial charge in [0, 0.05) is 18.7 Å². The van der Waals surface area contributed by atoms with Gasteiger partial charge in [-0.25, -0.2) is 13.2 Å². The van der Waals surface area contributed by atoms with Crippen LogP contribution in [0.3, 0.4) is 0 Å². The van der Waals surface area contributed by atoms with Crippen LogP contribution in [0.2, 0.25) is 0 Å². The van der Waals surface area contributed by atoms with Crippen LogP contribution in [0, 0.1) is 0 Å². The predicted molar refractivity (Wildman–Crippen MR) is 160 cm³/mol. The van der Waals surface area contributed by atoms with Gasteiger partial charge < -0.3 is 29.4 Å². The molecule has 1 aliphatic rings. The van der Waals surface area contributed by atoms with Crippen molar-refractivity contribution in [2.75, 3.05) is 37.3 Å². The smallest absolute Gasteiger partial charge is 0.344 e. The van der Waals surface area contributed by atoms with Crippen molar-refractivity contribution in [1.29, 1.82) is 0 Å². The maximum absolute atomic E-state index is 11.9. The van der Waals surface area contributed by atoms with Gasteiger partial charge in [0.05, 0.1) is 18.6 Å². The normalized spacial score (nSPS) is 15.3. The summed E-state index contributed by atoms with van der Waals surface area (Å²) >= 11 is 0. The fourth-order valence-corrected chi connectivity index (χ4v) is 5.19. The highest BCUT2D eigenvalue weighted by atomic mass is 32.2. The Kier molecular flexibility index (Phi) is 11.0. The van der Waals surface area contributed by atoms with Gasteiger partial charge in [-0.2, -0.15) is 0 Å². The van der Waals surface area contributed by atoms with Crippen LogP contribution in [0.25, 0.3) is 0 Å². The van der Waals surface area contributed by atoms with Crippen LogP contribution in [-0.2, 0) is 39.0 Å². The lowest BCUT2D eigenvalue weighted by Gasteiger charge is -2.27. The number of esters is 1. The molecule has 2 atom stereocenters. The van der Waals surface area contributed by atoms with Gasteiger partial charge in [-0.3, -0.25) is 4.72 Å². The van der Waals surface area contributed by atoms with Crippen molar-refractivity contribution in [3.05, 3.63) is 83.4 Å². The van der Waals surface area contributed by atoms with Crippen molar-refractivity contribution >= 4 is 21.7 Å². The molecule has 4 rings (SSSR count).